The fourth-order valence-corrected chi connectivity index (χ4v) is 7.06. The Morgan fingerprint density at radius 2 is 1.76 bits per heavy atom. The number of nitrogen functional groups attached to an aromatic ring is 1. The zero-order valence-corrected chi connectivity index (χ0v) is 29.8. The topological polar surface area (TPSA) is 327 Å². The average Bonchev–Trinajstić information content (AvgIpc) is 3.69. The molecule has 2 aromatic heterocycles. The second-order valence-electron chi connectivity index (χ2n) is 14.0. The summed E-state index contributed by atoms with van der Waals surface area (Å²) >= 11 is 0. The van der Waals surface area contributed by atoms with Gasteiger partial charge in [-0.25, -0.2) is 9.78 Å². The number of hydrogen-bond donors (Lipinski definition) is 11. The van der Waals surface area contributed by atoms with E-state index in [1.807, 2.05) is 0 Å². The third-order valence-electron chi connectivity index (χ3n) is 10.4. The molecule has 13 atom stereocenters. The number of nitrogens with one attached hydrogen (secondary N) is 2. The van der Waals surface area contributed by atoms with Gasteiger partial charge in [0.15, 0.2) is 23.7 Å². The number of hydrogen-bond acceptors (Lipinski definition) is 18. The molecule has 304 valence electrons. The number of rotatable bonds is 16. The van der Waals surface area contributed by atoms with E-state index >= 15 is 0 Å². The Morgan fingerprint density at radius 1 is 1.04 bits per heavy atom. The largest absolute Gasteiger partial charge is 0.449 e. The summed E-state index contributed by atoms with van der Waals surface area (Å²) in [5.41, 5.74) is 4.34. The van der Waals surface area contributed by atoms with Crippen LogP contribution in [0.4, 0.5) is 10.7 Å². The van der Waals surface area contributed by atoms with E-state index in [1.54, 1.807) is 4.57 Å². The minimum atomic E-state index is -1.86. The van der Waals surface area contributed by atoms with Crippen LogP contribution < -0.4 is 16.6 Å². The number of fused-ring (bicyclic) bond motifs is 1. The van der Waals surface area contributed by atoms with Gasteiger partial charge in [-0.15, -0.1) is 0 Å². The van der Waals surface area contributed by atoms with Crippen molar-refractivity contribution in [2.75, 3.05) is 38.7 Å². The lowest BCUT2D eigenvalue weighted by atomic mass is 9.85. The van der Waals surface area contributed by atoms with E-state index in [0.717, 1.165) is 19.3 Å². The molecule has 5 rings (SSSR count). The fourth-order valence-electron chi connectivity index (χ4n) is 7.06. The maximum absolute atomic E-state index is 12.3. The first-order valence-electron chi connectivity index (χ1n) is 17.9. The second-order valence-corrected chi connectivity index (χ2v) is 14.0. The molecule has 0 spiro atoms. The number of H-pyrrole nitrogens is 1. The summed E-state index contributed by atoms with van der Waals surface area (Å²) in [4.78, 5) is 35.1. The molecule has 0 aromatic carbocycles. The number of nitrogens with two attached hydrogens (primary N) is 1. The zero-order chi connectivity index (χ0) is 39.3. The highest BCUT2D eigenvalue weighted by atomic mass is 16.7. The van der Waals surface area contributed by atoms with Crippen LogP contribution in [-0.2, 0) is 23.7 Å². The van der Waals surface area contributed by atoms with E-state index in [4.69, 9.17) is 29.4 Å². The van der Waals surface area contributed by atoms with Crippen LogP contribution in [0, 0.1) is 5.92 Å². The predicted molar refractivity (Wildman–Crippen MR) is 184 cm³/mol. The van der Waals surface area contributed by atoms with Crippen LogP contribution in [0.3, 0.4) is 0 Å². The Balaban J connectivity index is 0.960. The lowest BCUT2D eigenvalue weighted by Crippen LogP contribution is -2.70. The van der Waals surface area contributed by atoms with Gasteiger partial charge in [0.25, 0.3) is 5.56 Å². The Bertz CT molecular complexity index is 1620. The first kappa shape index (κ1) is 41.8. The molecule has 3 aliphatic rings. The van der Waals surface area contributed by atoms with Crippen LogP contribution in [0.5, 0.6) is 0 Å². The molecule has 1 aliphatic carbocycles. The van der Waals surface area contributed by atoms with E-state index < -0.39 is 104 Å². The van der Waals surface area contributed by atoms with Crippen molar-refractivity contribution in [1.82, 2.24) is 24.8 Å². The van der Waals surface area contributed by atoms with Crippen molar-refractivity contribution in [2.45, 2.75) is 119 Å². The normalized spacial score (nSPS) is 35.8. The molecule has 1 amide bonds. The first-order valence-corrected chi connectivity index (χ1v) is 17.9. The van der Waals surface area contributed by atoms with Gasteiger partial charge in [0, 0.05) is 19.1 Å². The van der Waals surface area contributed by atoms with E-state index in [1.165, 1.54) is 13.3 Å². The number of anilines is 1. The number of imidazole rings is 1. The van der Waals surface area contributed by atoms with Crippen LogP contribution in [0.2, 0.25) is 0 Å². The number of carbonyl (C=O) groups is 1. The molecule has 21 nitrogen and oxygen atoms in total. The van der Waals surface area contributed by atoms with Gasteiger partial charge in [0.2, 0.25) is 5.95 Å². The summed E-state index contributed by atoms with van der Waals surface area (Å²) in [6, 6.07) is -0.423. The standard InChI is InChI=1S/C33H52N6O15/c1-15-16(18(42)10-17(15)39-14-36-21-27(39)37-31(34)38-28(21)48)13-51-32(49)35-8-6-4-3-5-7-9-50-29-25(46)26(47)33(2,20(12-41)53-29)54-30-24(45)23(44)22(43)19(11-40)52-30/h14,16-20,22-26,29-30,40-47H,1,3-13H2,2H3,(H,35,49)(H3,34,37,38,48)/t16-,17-,18-,19?,20?,22-,23-,24?,25?,26+,29+,30-,33-/m0/s1. The number of aliphatic hydroxyl groups is 8. The second kappa shape index (κ2) is 18.1. The van der Waals surface area contributed by atoms with Crippen LogP contribution in [0.15, 0.2) is 23.3 Å². The number of carbonyl (C=O) groups excluding carboxylic acids is 1. The van der Waals surface area contributed by atoms with Crippen molar-refractivity contribution in [1.29, 1.82) is 0 Å². The van der Waals surface area contributed by atoms with E-state index in [2.05, 4.69) is 26.8 Å². The molecule has 1 saturated carbocycles. The monoisotopic (exact) mass is 772 g/mol. The fraction of sp³-hybridized carbons (Fsp3) is 0.758. The summed E-state index contributed by atoms with van der Waals surface area (Å²) in [6.07, 6.45) is -10.2. The van der Waals surface area contributed by atoms with Crippen LogP contribution in [0.1, 0.15) is 51.5 Å². The van der Waals surface area contributed by atoms with Crippen molar-refractivity contribution < 1.29 is 69.3 Å². The average molecular weight is 773 g/mol. The van der Waals surface area contributed by atoms with Crippen LogP contribution >= 0.6 is 0 Å². The van der Waals surface area contributed by atoms with Gasteiger partial charge in [-0.3, -0.25) is 9.78 Å². The maximum atomic E-state index is 12.3. The molecule has 2 saturated heterocycles. The number of amides is 1. The number of unbranched alkanes of at least 4 members (excludes halogenated alkanes) is 4. The molecular formula is C33H52N6O15. The Labute approximate surface area is 309 Å². The molecule has 0 radical (unpaired) electrons. The highest BCUT2D eigenvalue weighted by Crippen LogP contribution is 2.40. The molecule has 54 heavy (non-hydrogen) atoms. The van der Waals surface area contributed by atoms with Gasteiger partial charge < -0.3 is 80.2 Å². The van der Waals surface area contributed by atoms with E-state index in [9.17, 15) is 50.4 Å². The molecule has 4 unspecified atom stereocenters. The Morgan fingerprint density at radius 3 is 2.48 bits per heavy atom. The minimum Gasteiger partial charge on any atom is -0.449 e. The number of nitrogens with zero attached hydrogens (tertiary/aromatic N) is 3. The molecule has 2 aromatic rings. The summed E-state index contributed by atoms with van der Waals surface area (Å²) in [7, 11) is 0. The summed E-state index contributed by atoms with van der Waals surface area (Å²) < 4.78 is 29.4. The van der Waals surface area contributed by atoms with Gasteiger partial charge in [-0.2, -0.15) is 4.98 Å². The number of aromatic amines is 1. The van der Waals surface area contributed by atoms with Crippen LogP contribution in [0.25, 0.3) is 11.2 Å². The van der Waals surface area contributed by atoms with E-state index in [-0.39, 0.29) is 36.7 Å². The quantitative estimate of drug-likeness (QED) is 0.0594. The molecular weight excluding hydrogens is 720 g/mol. The first-order chi connectivity index (χ1) is 25.7. The van der Waals surface area contributed by atoms with Crippen molar-refractivity contribution in [3.8, 4) is 0 Å². The maximum Gasteiger partial charge on any atom is 0.407 e. The summed E-state index contributed by atoms with van der Waals surface area (Å²) in [5.74, 6) is -0.599. The van der Waals surface area contributed by atoms with Gasteiger partial charge in [-0.1, -0.05) is 25.8 Å². The molecule has 4 heterocycles. The number of ether oxygens (including phenoxy) is 5. The van der Waals surface area contributed by atoms with Crippen molar-refractivity contribution >= 4 is 23.2 Å². The summed E-state index contributed by atoms with van der Waals surface area (Å²) in [6.45, 7) is 4.45. The van der Waals surface area contributed by atoms with Gasteiger partial charge in [0.05, 0.1) is 31.7 Å². The van der Waals surface area contributed by atoms with Crippen molar-refractivity contribution in [2.24, 2.45) is 5.92 Å². The number of aromatic nitrogens is 4. The van der Waals surface area contributed by atoms with Crippen molar-refractivity contribution in [3.63, 3.8) is 0 Å². The SMILES string of the molecule is C=C1[C@H](COC(=O)NCCCCCCCO[C@@H]2OC(CO)[C@](C)(O[C@@H]3OC(CO)[C@H](O)[C@H](O)C3O)[C@H](O)C2O)[C@@H](O)C[C@@H]1n1cnc2c(=O)[nH]c(N)nc21. The third kappa shape index (κ3) is 8.87. The zero-order valence-electron chi connectivity index (χ0n) is 29.8. The molecule has 2 aliphatic heterocycles. The lowest BCUT2D eigenvalue weighted by Gasteiger charge is -2.51. The lowest BCUT2D eigenvalue weighted by molar-refractivity contribution is -0.386. The smallest absolute Gasteiger partial charge is 0.407 e. The molecule has 3 fully saturated rings. The highest BCUT2D eigenvalue weighted by molar-refractivity contribution is 5.71. The number of aliphatic hydroxyl groups excluding tert-OH is 8. The Hall–Kier alpha value is -3.32. The molecule has 21 heteroatoms. The van der Waals surface area contributed by atoms with Gasteiger partial charge >= 0.3 is 6.09 Å². The number of alkyl carbamates (subject to hydrolysis) is 1. The molecule has 0 bridgehead atoms. The highest BCUT2D eigenvalue weighted by Gasteiger charge is 2.57. The summed E-state index contributed by atoms with van der Waals surface area (Å²) in [5, 5.41) is 85.1. The van der Waals surface area contributed by atoms with E-state index in [0.29, 0.717) is 25.0 Å². The van der Waals surface area contributed by atoms with Crippen molar-refractivity contribution in [3.05, 3.63) is 28.8 Å². The van der Waals surface area contributed by atoms with Gasteiger partial charge in [-0.05, 0) is 31.8 Å². The molecule has 12 N–H and O–H groups in total. The minimum absolute atomic E-state index is 0.0635. The van der Waals surface area contributed by atoms with Gasteiger partial charge in [0.1, 0.15) is 54.9 Å². The Kier molecular flexibility index (Phi) is 14.0. The third-order valence-corrected chi connectivity index (χ3v) is 10.4. The van der Waals surface area contributed by atoms with Crippen LogP contribution in [-0.4, -0.2) is 166 Å². The predicted octanol–water partition coefficient (Wildman–Crippen LogP) is -3.11.